The molecule has 1 heterocycles. The maximum Gasteiger partial charge on any atom is 0.262 e. The second-order valence-corrected chi connectivity index (χ2v) is 4.93. The maximum absolute atomic E-state index is 13.5. The number of hydrazine groups is 1. The van der Waals surface area contributed by atoms with Crippen LogP contribution in [0.4, 0.5) is 4.39 Å². The van der Waals surface area contributed by atoms with E-state index in [1.807, 2.05) is 0 Å². The lowest BCUT2D eigenvalue weighted by Gasteiger charge is -2.07. The van der Waals surface area contributed by atoms with Gasteiger partial charge in [-0.1, -0.05) is 12.1 Å². The molecule has 0 radical (unpaired) electrons. The molecule has 8 heteroatoms. The Bertz CT molecular complexity index is 861. The van der Waals surface area contributed by atoms with E-state index in [0.717, 1.165) is 6.08 Å². The maximum atomic E-state index is 13.5. The van der Waals surface area contributed by atoms with Gasteiger partial charge in [-0.05, 0) is 29.8 Å². The molecule has 0 spiro atoms. The van der Waals surface area contributed by atoms with E-state index in [2.05, 4.69) is 10.9 Å². The Morgan fingerprint density at radius 2 is 2.04 bits per heavy atom. The summed E-state index contributed by atoms with van der Waals surface area (Å²) < 4.78 is 19.5. The normalized spacial score (nSPS) is 10.5. The molecule has 0 fully saturated rings. The van der Waals surface area contributed by atoms with Gasteiger partial charge in [-0.2, -0.15) is 0 Å². The van der Waals surface area contributed by atoms with Crippen molar-refractivity contribution in [1.29, 1.82) is 0 Å². The van der Waals surface area contributed by atoms with Gasteiger partial charge < -0.3 is 9.30 Å². The van der Waals surface area contributed by atoms with Crippen molar-refractivity contribution < 1.29 is 18.7 Å². The lowest BCUT2D eigenvalue weighted by atomic mass is 10.2. The van der Waals surface area contributed by atoms with Crippen LogP contribution in [0.3, 0.4) is 0 Å². The molecule has 0 aliphatic carbocycles. The number of methoxy groups -OCH3 is 1. The van der Waals surface area contributed by atoms with Crippen molar-refractivity contribution >= 4 is 17.9 Å². The van der Waals surface area contributed by atoms with Gasteiger partial charge in [0.2, 0.25) is 0 Å². The Balaban J connectivity index is 1.86. The predicted octanol–water partition coefficient (Wildman–Crippen LogP) is 0.857. The average molecular weight is 345 g/mol. The van der Waals surface area contributed by atoms with E-state index in [-0.39, 0.29) is 17.9 Å². The molecule has 25 heavy (non-hydrogen) atoms. The summed E-state index contributed by atoms with van der Waals surface area (Å²) in [6.45, 7) is -0.229. The van der Waals surface area contributed by atoms with E-state index in [0.29, 0.717) is 5.56 Å². The zero-order chi connectivity index (χ0) is 18.2. The van der Waals surface area contributed by atoms with Crippen LogP contribution in [0, 0.1) is 5.82 Å². The summed E-state index contributed by atoms with van der Waals surface area (Å²) in [5.41, 5.74) is 4.48. The van der Waals surface area contributed by atoms with Crippen molar-refractivity contribution in [3.05, 3.63) is 70.4 Å². The third-order valence-corrected chi connectivity index (χ3v) is 3.14. The molecule has 1 aromatic carbocycles. The SMILES string of the molecule is COc1ccc(/C=C/C(=O)NNC(=O)Cn2ccccc2=O)cc1F. The van der Waals surface area contributed by atoms with Crippen LogP contribution < -0.4 is 21.1 Å². The van der Waals surface area contributed by atoms with Crippen LogP contribution in [0.5, 0.6) is 5.75 Å². The number of benzene rings is 1. The van der Waals surface area contributed by atoms with Crippen LogP contribution in [0.1, 0.15) is 5.56 Å². The molecular formula is C17H16FN3O4. The van der Waals surface area contributed by atoms with Crippen molar-refractivity contribution in [2.24, 2.45) is 0 Å². The minimum absolute atomic E-state index is 0.102. The number of carbonyl (C=O) groups excluding carboxylic acids is 2. The average Bonchev–Trinajstić information content (AvgIpc) is 2.60. The molecule has 0 saturated heterocycles. The second kappa shape index (κ2) is 8.44. The molecule has 0 saturated carbocycles. The summed E-state index contributed by atoms with van der Waals surface area (Å²) in [5.74, 6) is -1.62. The van der Waals surface area contributed by atoms with Gasteiger partial charge in [0.15, 0.2) is 11.6 Å². The van der Waals surface area contributed by atoms with Gasteiger partial charge in [-0.3, -0.25) is 25.2 Å². The molecule has 7 nitrogen and oxygen atoms in total. The minimum atomic E-state index is -0.606. The van der Waals surface area contributed by atoms with Crippen molar-refractivity contribution in [2.75, 3.05) is 7.11 Å². The summed E-state index contributed by atoms with van der Waals surface area (Å²) in [5, 5.41) is 0. The van der Waals surface area contributed by atoms with Gasteiger partial charge in [0.05, 0.1) is 7.11 Å². The summed E-state index contributed by atoms with van der Waals surface area (Å²) in [7, 11) is 1.35. The van der Waals surface area contributed by atoms with Gasteiger partial charge in [0, 0.05) is 18.3 Å². The van der Waals surface area contributed by atoms with Gasteiger partial charge in [0.1, 0.15) is 6.54 Å². The van der Waals surface area contributed by atoms with Crippen LogP contribution in [-0.2, 0) is 16.1 Å². The van der Waals surface area contributed by atoms with Crippen LogP contribution >= 0.6 is 0 Å². The van der Waals surface area contributed by atoms with E-state index in [1.165, 1.54) is 42.1 Å². The lowest BCUT2D eigenvalue weighted by molar-refractivity contribution is -0.127. The molecule has 2 rings (SSSR count). The zero-order valence-electron chi connectivity index (χ0n) is 13.4. The lowest BCUT2D eigenvalue weighted by Crippen LogP contribution is -2.43. The van der Waals surface area contributed by atoms with E-state index < -0.39 is 17.6 Å². The zero-order valence-corrected chi connectivity index (χ0v) is 13.4. The Morgan fingerprint density at radius 1 is 1.24 bits per heavy atom. The fourth-order valence-electron chi connectivity index (χ4n) is 1.92. The van der Waals surface area contributed by atoms with E-state index in [9.17, 15) is 18.8 Å². The highest BCUT2D eigenvalue weighted by atomic mass is 19.1. The topological polar surface area (TPSA) is 89.4 Å². The van der Waals surface area contributed by atoms with Crippen LogP contribution in [0.2, 0.25) is 0 Å². The van der Waals surface area contributed by atoms with Crippen LogP contribution in [0.15, 0.2) is 53.5 Å². The molecule has 0 atom stereocenters. The number of carbonyl (C=O) groups is 2. The van der Waals surface area contributed by atoms with Crippen molar-refractivity contribution in [3.63, 3.8) is 0 Å². The number of nitrogens with zero attached hydrogens (tertiary/aromatic N) is 1. The highest BCUT2D eigenvalue weighted by molar-refractivity contribution is 5.93. The quantitative estimate of drug-likeness (QED) is 0.621. The molecule has 0 bridgehead atoms. The first-order valence-corrected chi connectivity index (χ1v) is 7.25. The highest BCUT2D eigenvalue weighted by Crippen LogP contribution is 2.18. The summed E-state index contributed by atoms with van der Waals surface area (Å²) in [4.78, 5) is 34.8. The van der Waals surface area contributed by atoms with Crippen molar-refractivity contribution in [3.8, 4) is 5.75 Å². The van der Waals surface area contributed by atoms with Crippen molar-refractivity contribution in [2.45, 2.75) is 6.54 Å². The largest absolute Gasteiger partial charge is 0.494 e. The van der Waals surface area contributed by atoms with Crippen LogP contribution in [0.25, 0.3) is 6.08 Å². The number of hydrogen-bond donors (Lipinski definition) is 2. The number of pyridine rings is 1. The standard InChI is InChI=1S/C17H16FN3O4/c1-25-14-7-5-12(10-13(14)18)6-8-15(22)19-20-16(23)11-21-9-3-2-4-17(21)24/h2-10H,11H2,1H3,(H,19,22)(H,20,23)/b8-6+. The number of rotatable bonds is 5. The van der Waals surface area contributed by atoms with Crippen molar-refractivity contribution in [1.82, 2.24) is 15.4 Å². The van der Waals surface area contributed by atoms with Crippen LogP contribution in [-0.4, -0.2) is 23.5 Å². The smallest absolute Gasteiger partial charge is 0.262 e. The second-order valence-electron chi connectivity index (χ2n) is 4.93. The number of nitrogens with one attached hydrogen (secondary N) is 2. The Hall–Kier alpha value is -3.42. The number of ether oxygens (including phenoxy) is 1. The summed E-state index contributed by atoms with van der Waals surface area (Å²) in [6.07, 6.45) is 3.98. The first kappa shape index (κ1) is 17.9. The molecular weight excluding hydrogens is 329 g/mol. The number of amides is 2. The van der Waals surface area contributed by atoms with Gasteiger partial charge >= 0.3 is 0 Å². The fourth-order valence-corrected chi connectivity index (χ4v) is 1.92. The summed E-state index contributed by atoms with van der Waals surface area (Å²) in [6, 6.07) is 8.72. The fraction of sp³-hybridized carbons (Fsp3) is 0.118. The van der Waals surface area contributed by atoms with E-state index >= 15 is 0 Å². The third-order valence-electron chi connectivity index (χ3n) is 3.14. The molecule has 0 aliphatic heterocycles. The molecule has 0 unspecified atom stereocenters. The molecule has 130 valence electrons. The minimum Gasteiger partial charge on any atom is -0.494 e. The van der Waals surface area contributed by atoms with Gasteiger partial charge in [0.25, 0.3) is 17.4 Å². The predicted molar refractivity (Wildman–Crippen MR) is 89.0 cm³/mol. The number of halogens is 1. The molecule has 2 amide bonds. The number of aromatic nitrogens is 1. The molecule has 2 aromatic rings. The van der Waals surface area contributed by atoms with E-state index in [4.69, 9.17) is 4.74 Å². The molecule has 1 aromatic heterocycles. The Kier molecular flexibility index (Phi) is 6.05. The monoisotopic (exact) mass is 345 g/mol. The molecule has 0 aliphatic rings. The first-order chi connectivity index (χ1) is 12.0. The highest BCUT2D eigenvalue weighted by Gasteiger charge is 2.05. The van der Waals surface area contributed by atoms with Gasteiger partial charge in [-0.15, -0.1) is 0 Å². The van der Waals surface area contributed by atoms with E-state index in [1.54, 1.807) is 18.2 Å². The Morgan fingerprint density at radius 3 is 2.72 bits per heavy atom. The number of hydrogen-bond acceptors (Lipinski definition) is 4. The summed E-state index contributed by atoms with van der Waals surface area (Å²) >= 11 is 0. The van der Waals surface area contributed by atoms with Gasteiger partial charge in [-0.25, -0.2) is 4.39 Å². The molecule has 2 N–H and O–H groups in total. The first-order valence-electron chi connectivity index (χ1n) is 7.25. The Labute approximate surface area is 142 Å². The third kappa shape index (κ3) is 5.31.